The minimum absolute atomic E-state index is 0.0503. The summed E-state index contributed by atoms with van der Waals surface area (Å²) in [7, 11) is 1.50. The highest BCUT2D eigenvalue weighted by Gasteiger charge is 2.42. The summed E-state index contributed by atoms with van der Waals surface area (Å²) < 4.78 is 18.6. The Labute approximate surface area is 221 Å². The van der Waals surface area contributed by atoms with Crippen molar-refractivity contribution in [3.05, 3.63) is 90.2 Å². The summed E-state index contributed by atoms with van der Waals surface area (Å²) in [5, 5.41) is 14.5. The Balaban J connectivity index is 1.37. The van der Waals surface area contributed by atoms with Gasteiger partial charge in [0.25, 0.3) is 5.88 Å². The van der Waals surface area contributed by atoms with E-state index in [1.807, 2.05) is 79.2 Å². The van der Waals surface area contributed by atoms with Gasteiger partial charge in [-0.2, -0.15) is 0 Å². The molecule has 1 unspecified atom stereocenters. The van der Waals surface area contributed by atoms with Gasteiger partial charge in [0.1, 0.15) is 23.2 Å². The third-order valence-electron chi connectivity index (χ3n) is 6.79. The van der Waals surface area contributed by atoms with E-state index in [0.29, 0.717) is 24.6 Å². The van der Waals surface area contributed by atoms with Crippen molar-refractivity contribution in [1.29, 1.82) is 0 Å². The van der Waals surface area contributed by atoms with E-state index in [9.17, 15) is 9.90 Å². The molecule has 38 heavy (non-hydrogen) atoms. The topological polar surface area (TPSA) is 103 Å². The normalized spacial score (nSPS) is 18.1. The Morgan fingerprint density at radius 2 is 1.92 bits per heavy atom. The van der Waals surface area contributed by atoms with Crippen LogP contribution in [0.1, 0.15) is 49.4 Å². The largest absolute Gasteiger partial charge is 0.479 e. The van der Waals surface area contributed by atoms with Crippen molar-refractivity contribution in [3.63, 3.8) is 0 Å². The molecule has 198 valence electrons. The molecule has 1 N–H and O–H groups in total. The lowest BCUT2D eigenvalue weighted by atomic mass is 9.91. The van der Waals surface area contributed by atoms with Gasteiger partial charge in [0.2, 0.25) is 5.91 Å². The summed E-state index contributed by atoms with van der Waals surface area (Å²) in [6, 6.07) is 18.8. The summed E-state index contributed by atoms with van der Waals surface area (Å²) in [5.41, 5.74) is 1.03. The van der Waals surface area contributed by atoms with Gasteiger partial charge in [-0.1, -0.05) is 44.2 Å². The highest BCUT2D eigenvalue weighted by atomic mass is 16.5. The lowest BCUT2D eigenvalue weighted by Gasteiger charge is -2.29. The first-order chi connectivity index (χ1) is 18.4. The number of benzene rings is 2. The summed E-state index contributed by atoms with van der Waals surface area (Å²) in [6.45, 7) is 4.70. The predicted octanol–water partition coefficient (Wildman–Crippen LogP) is 4.79. The number of nitrogens with zero attached hydrogens (tertiary/aromatic N) is 4. The van der Waals surface area contributed by atoms with Crippen molar-refractivity contribution in [2.75, 3.05) is 13.7 Å². The number of carbonyl (C=O) groups is 1. The van der Waals surface area contributed by atoms with E-state index in [-0.39, 0.29) is 24.4 Å². The number of rotatable bonds is 9. The lowest BCUT2D eigenvalue weighted by molar-refractivity contribution is -0.135. The zero-order chi connectivity index (χ0) is 26.6. The van der Waals surface area contributed by atoms with Crippen molar-refractivity contribution < 1.29 is 23.9 Å². The Bertz CT molecular complexity index is 1370. The van der Waals surface area contributed by atoms with E-state index in [4.69, 9.17) is 14.0 Å². The molecule has 0 bridgehead atoms. The van der Waals surface area contributed by atoms with Crippen LogP contribution in [0.3, 0.4) is 0 Å². The van der Waals surface area contributed by atoms with E-state index in [2.05, 4.69) is 10.1 Å². The zero-order valence-electron chi connectivity index (χ0n) is 21.7. The molecule has 3 atom stereocenters. The predicted molar refractivity (Wildman–Crippen MR) is 140 cm³/mol. The molecule has 0 aliphatic carbocycles. The second-order valence-corrected chi connectivity index (χ2v) is 9.87. The molecule has 0 spiro atoms. The summed E-state index contributed by atoms with van der Waals surface area (Å²) in [4.78, 5) is 20.2. The molecule has 0 saturated carbocycles. The summed E-state index contributed by atoms with van der Waals surface area (Å²) >= 11 is 0. The first-order valence-electron chi connectivity index (χ1n) is 12.7. The standard InChI is InChI=1S/C29H32N4O5/c1-19(2)27(25-16-26(36-3)31-38-25)29(35)33-18-21(34)15-24(33)28-30-12-13-32(28)17-20-8-7-11-23(14-20)37-22-9-5-4-6-10-22/h4-14,16,19,21,24,27,34H,15,17-18H2,1-3H3/t21-,24+,27?/m1/s1. The smallest absolute Gasteiger partial charge is 0.254 e. The zero-order valence-corrected chi connectivity index (χ0v) is 21.7. The fraction of sp³-hybridized carbons (Fsp3) is 0.345. The number of hydrogen-bond donors (Lipinski definition) is 1. The third kappa shape index (κ3) is 5.43. The molecule has 2 aromatic heterocycles. The van der Waals surface area contributed by atoms with Gasteiger partial charge in [-0.15, -0.1) is 0 Å². The molecule has 9 heteroatoms. The van der Waals surface area contributed by atoms with Gasteiger partial charge in [-0.05, 0) is 40.9 Å². The average Bonchev–Trinajstić information content (AvgIpc) is 3.65. The van der Waals surface area contributed by atoms with Gasteiger partial charge in [-0.25, -0.2) is 4.98 Å². The number of ether oxygens (including phenoxy) is 2. The minimum atomic E-state index is -0.645. The van der Waals surface area contributed by atoms with E-state index >= 15 is 0 Å². The molecule has 3 heterocycles. The van der Waals surface area contributed by atoms with E-state index in [1.165, 1.54) is 7.11 Å². The molecular formula is C29H32N4O5. The number of para-hydroxylation sites is 1. The van der Waals surface area contributed by atoms with Crippen LogP contribution < -0.4 is 9.47 Å². The van der Waals surface area contributed by atoms with Crippen LogP contribution in [-0.2, 0) is 11.3 Å². The maximum Gasteiger partial charge on any atom is 0.254 e. The van der Waals surface area contributed by atoms with Crippen molar-refractivity contribution in [2.24, 2.45) is 5.92 Å². The van der Waals surface area contributed by atoms with Gasteiger partial charge >= 0.3 is 0 Å². The molecule has 1 aliphatic heterocycles. The van der Waals surface area contributed by atoms with Crippen molar-refractivity contribution in [1.82, 2.24) is 19.6 Å². The number of likely N-dealkylation sites (tertiary alicyclic amines) is 1. The third-order valence-corrected chi connectivity index (χ3v) is 6.79. The number of aliphatic hydroxyl groups excluding tert-OH is 1. The molecule has 1 aliphatic rings. The second kappa shape index (κ2) is 11.1. The molecular weight excluding hydrogens is 484 g/mol. The number of aromatic nitrogens is 3. The van der Waals surface area contributed by atoms with Gasteiger partial charge in [-0.3, -0.25) is 4.79 Å². The van der Waals surface area contributed by atoms with Gasteiger partial charge in [0.15, 0.2) is 5.76 Å². The SMILES string of the molecule is COc1cc(C(C(=O)N2C[C@H](O)C[C@H]2c2nccn2Cc2cccc(Oc3ccccc3)c2)C(C)C)on1. The van der Waals surface area contributed by atoms with Gasteiger partial charge < -0.3 is 28.6 Å². The molecule has 9 nitrogen and oxygen atoms in total. The first kappa shape index (κ1) is 25.5. The number of hydrogen-bond acceptors (Lipinski definition) is 7. The Morgan fingerprint density at radius 1 is 1.13 bits per heavy atom. The molecule has 1 fully saturated rings. The quantitative estimate of drug-likeness (QED) is 0.341. The van der Waals surface area contributed by atoms with Crippen LogP contribution in [0.2, 0.25) is 0 Å². The Hall–Kier alpha value is -4.11. The molecule has 0 radical (unpaired) electrons. The monoisotopic (exact) mass is 516 g/mol. The van der Waals surface area contributed by atoms with E-state index in [1.54, 1.807) is 17.2 Å². The van der Waals surface area contributed by atoms with Crippen LogP contribution in [0.15, 0.2) is 77.6 Å². The Kier molecular flexibility index (Phi) is 7.46. The van der Waals surface area contributed by atoms with E-state index < -0.39 is 12.0 Å². The maximum atomic E-state index is 13.9. The number of aliphatic hydroxyl groups is 1. The lowest BCUT2D eigenvalue weighted by Crippen LogP contribution is -2.38. The minimum Gasteiger partial charge on any atom is -0.479 e. The van der Waals surface area contributed by atoms with Crippen LogP contribution >= 0.6 is 0 Å². The van der Waals surface area contributed by atoms with Crippen molar-refractivity contribution in [2.45, 2.75) is 44.9 Å². The molecule has 1 amide bonds. The number of methoxy groups -OCH3 is 1. The Morgan fingerprint density at radius 3 is 2.66 bits per heavy atom. The highest BCUT2D eigenvalue weighted by Crippen LogP contribution is 2.37. The van der Waals surface area contributed by atoms with Crippen LogP contribution in [0, 0.1) is 5.92 Å². The van der Waals surface area contributed by atoms with Crippen molar-refractivity contribution >= 4 is 5.91 Å². The van der Waals surface area contributed by atoms with Crippen LogP contribution in [-0.4, -0.2) is 50.4 Å². The highest BCUT2D eigenvalue weighted by molar-refractivity contribution is 5.84. The van der Waals surface area contributed by atoms with Crippen molar-refractivity contribution in [3.8, 4) is 17.4 Å². The molecule has 4 aromatic rings. The average molecular weight is 517 g/mol. The number of imidazole rings is 1. The fourth-order valence-electron chi connectivity index (χ4n) is 5.01. The van der Waals surface area contributed by atoms with Crippen LogP contribution in [0.4, 0.5) is 0 Å². The number of β-amino-alcohol motifs (C(OH)–C–C–N with tert-alkyl or cyclic N) is 1. The van der Waals surface area contributed by atoms with E-state index in [0.717, 1.165) is 22.9 Å². The summed E-state index contributed by atoms with van der Waals surface area (Å²) in [6.07, 6.45) is 3.39. The van der Waals surface area contributed by atoms with Gasteiger partial charge in [0, 0.05) is 38.0 Å². The molecule has 1 saturated heterocycles. The summed E-state index contributed by atoms with van der Waals surface area (Å²) in [5.74, 6) is 2.26. The van der Waals surface area contributed by atoms with Crippen LogP contribution in [0.5, 0.6) is 17.4 Å². The number of amides is 1. The second-order valence-electron chi connectivity index (χ2n) is 9.87. The maximum absolute atomic E-state index is 13.9. The molecule has 2 aromatic carbocycles. The van der Waals surface area contributed by atoms with Crippen LogP contribution in [0.25, 0.3) is 0 Å². The molecule has 5 rings (SSSR count). The number of carbonyl (C=O) groups excluding carboxylic acids is 1. The fourth-order valence-corrected chi connectivity index (χ4v) is 5.01. The first-order valence-corrected chi connectivity index (χ1v) is 12.7. The van der Waals surface area contributed by atoms with Gasteiger partial charge in [0.05, 0.1) is 19.3 Å².